The predicted octanol–water partition coefficient (Wildman–Crippen LogP) is 2.18. The van der Waals surface area contributed by atoms with E-state index in [1.54, 1.807) is 24.3 Å². The Hall–Kier alpha value is -2.64. The van der Waals surface area contributed by atoms with Gasteiger partial charge in [0.2, 0.25) is 5.91 Å². The Morgan fingerprint density at radius 1 is 1.19 bits per heavy atom. The first kappa shape index (κ1) is 17.8. The van der Waals surface area contributed by atoms with Crippen molar-refractivity contribution in [1.82, 2.24) is 10.2 Å². The third-order valence-corrected chi connectivity index (χ3v) is 4.76. The molecule has 27 heavy (non-hydrogen) atoms. The van der Waals surface area contributed by atoms with Gasteiger partial charge in [0.25, 0.3) is 0 Å². The number of carbonyl (C=O) groups excluding carboxylic acids is 1. The molecule has 4 rings (SSSR count). The zero-order valence-corrected chi connectivity index (χ0v) is 14.9. The second kappa shape index (κ2) is 7.94. The predicted molar refractivity (Wildman–Crippen MR) is 99.6 cm³/mol. The number of hydrogen-bond acceptors (Lipinski definition) is 5. The molecule has 2 N–H and O–H groups in total. The normalized spacial score (nSPS) is 19.5. The smallest absolute Gasteiger partial charge is 0.238 e. The van der Waals surface area contributed by atoms with Crippen LogP contribution in [0, 0.1) is 5.82 Å². The summed E-state index contributed by atoms with van der Waals surface area (Å²) in [5, 5.41) is 6.23. The summed E-state index contributed by atoms with van der Waals surface area (Å²) < 4.78 is 24.6. The molecule has 2 aliphatic heterocycles. The molecule has 1 amide bonds. The van der Waals surface area contributed by atoms with Gasteiger partial charge < -0.3 is 20.1 Å². The average Bonchev–Trinajstić information content (AvgIpc) is 2.68. The lowest BCUT2D eigenvalue weighted by molar-refractivity contribution is -0.118. The number of carbonyl (C=O) groups is 1. The highest BCUT2D eigenvalue weighted by atomic mass is 19.1. The highest BCUT2D eigenvalue weighted by Gasteiger charge is 2.26. The zero-order chi connectivity index (χ0) is 18.6. The van der Waals surface area contributed by atoms with Crippen LogP contribution in [0.1, 0.15) is 11.6 Å². The average molecular weight is 371 g/mol. The highest BCUT2D eigenvalue weighted by Crippen LogP contribution is 2.32. The number of benzene rings is 2. The molecule has 2 aromatic rings. The van der Waals surface area contributed by atoms with E-state index in [0.29, 0.717) is 36.9 Å². The first-order valence-electron chi connectivity index (χ1n) is 9.09. The standard InChI is InChI=1S/C20H22FN3O3/c21-15-3-1-2-14(10-15)17-12-22-6-7-24(17)13-20(25)23-16-4-5-18-19(11-16)27-9-8-26-18/h1-5,10-11,17,22H,6-9,12-13H2,(H,23,25). The van der Waals surface area contributed by atoms with Gasteiger partial charge in [-0.2, -0.15) is 0 Å². The zero-order valence-electron chi connectivity index (χ0n) is 14.9. The summed E-state index contributed by atoms with van der Waals surface area (Å²) in [6, 6.07) is 11.9. The van der Waals surface area contributed by atoms with Crippen LogP contribution in [0.5, 0.6) is 11.5 Å². The van der Waals surface area contributed by atoms with Crippen molar-refractivity contribution in [3.8, 4) is 11.5 Å². The van der Waals surface area contributed by atoms with E-state index in [2.05, 4.69) is 15.5 Å². The Kier molecular flexibility index (Phi) is 5.22. The van der Waals surface area contributed by atoms with E-state index < -0.39 is 0 Å². The summed E-state index contributed by atoms with van der Waals surface area (Å²) in [7, 11) is 0. The van der Waals surface area contributed by atoms with Gasteiger partial charge in [-0.3, -0.25) is 9.69 Å². The van der Waals surface area contributed by atoms with E-state index in [-0.39, 0.29) is 24.3 Å². The number of amides is 1. The highest BCUT2D eigenvalue weighted by molar-refractivity contribution is 5.92. The van der Waals surface area contributed by atoms with E-state index in [4.69, 9.17) is 9.47 Å². The Balaban J connectivity index is 1.43. The minimum atomic E-state index is -0.265. The van der Waals surface area contributed by atoms with Crippen LogP contribution in [0.15, 0.2) is 42.5 Å². The monoisotopic (exact) mass is 371 g/mol. The topological polar surface area (TPSA) is 62.8 Å². The van der Waals surface area contributed by atoms with E-state index >= 15 is 0 Å². The number of nitrogens with one attached hydrogen (secondary N) is 2. The second-order valence-electron chi connectivity index (χ2n) is 6.65. The number of halogens is 1. The number of rotatable bonds is 4. The van der Waals surface area contributed by atoms with Gasteiger partial charge in [-0.25, -0.2) is 4.39 Å². The quantitative estimate of drug-likeness (QED) is 0.863. The first-order chi connectivity index (χ1) is 13.2. The molecule has 0 aromatic heterocycles. The third kappa shape index (κ3) is 4.20. The van der Waals surface area contributed by atoms with Gasteiger partial charge in [-0.05, 0) is 29.8 Å². The van der Waals surface area contributed by atoms with Crippen molar-refractivity contribution in [3.63, 3.8) is 0 Å². The molecule has 0 spiro atoms. The fourth-order valence-electron chi connectivity index (χ4n) is 3.48. The number of anilines is 1. The maximum Gasteiger partial charge on any atom is 0.238 e. The Labute approximate surface area is 157 Å². The number of hydrogen-bond donors (Lipinski definition) is 2. The number of piperazine rings is 1. The van der Waals surface area contributed by atoms with Crippen molar-refractivity contribution >= 4 is 11.6 Å². The molecule has 0 aliphatic carbocycles. The summed E-state index contributed by atoms with van der Waals surface area (Å²) in [6.07, 6.45) is 0. The van der Waals surface area contributed by atoms with Crippen LogP contribution < -0.4 is 20.1 Å². The Morgan fingerprint density at radius 3 is 2.89 bits per heavy atom. The van der Waals surface area contributed by atoms with Crippen molar-refractivity contribution in [2.75, 3.05) is 44.7 Å². The van der Waals surface area contributed by atoms with Gasteiger partial charge >= 0.3 is 0 Å². The lowest BCUT2D eigenvalue weighted by atomic mass is 10.0. The second-order valence-corrected chi connectivity index (χ2v) is 6.65. The molecule has 1 fully saturated rings. The summed E-state index contributed by atoms with van der Waals surface area (Å²) in [6.45, 7) is 3.46. The molecule has 7 heteroatoms. The first-order valence-corrected chi connectivity index (χ1v) is 9.09. The van der Waals surface area contributed by atoms with Crippen LogP contribution in [-0.2, 0) is 4.79 Å². The maximum absolute atomic E-state index is 13.6. The van der Waals surface area contributed by atoms with Crippen molar-refractivity contribution in [1.29, 1.82) is 0 Å². The van der Waals surface area contributed by atoms with Crippen LogP contribution >= 0.6 is 0 Å². The number of nitrogens with zero attached hydrogens (tertiary/aromatic N) is 1. The van der Waals surface area contributed by atoms with E-state index in [1.807, 2.05) is 6.07 Å². The van der Waals surface area contributed by atoms with Gasteiger partial charge in [0, 0.05) is 37.4 Å². The number of ether oxygens (including phenoxy) is 2. The van der Waals surface area contributed by atoms with Gasteiger partial charge in [0.1, 0.15) is 19.0 Å². The molecule has 1 unspecified atom stereocenters. The lowest BCUT2D eigenvalue weighted by Gasteiger charge is -2.36. The van der Waals surface area contributed by atoms with Crippen LogP contribution in [0.4, 0.5) is 10.1 Å². The van der Waals surface area contributed by atoms with Crippen LogP contribution in [0.25, 0.3) is 0 Å². The van der Waals surface area contributed by atoms with E-state index in [0.717, 1.165) is 18.7 Å². The molecule has 0 radical (unpaired) electrons. The van der Waals surface area contributed by atoms with Crippen LogP contribution in [-0.4, -0.2) is 50.2 Å². The van der Waals surface area contributed by atoms with E-state index in [9.17, 15) is 9.18 Å². The number of fused-ring (bicyclic) bond motifs is 1. The van der Waals surface area contributed by atoms with Gasteiger partial charge in [0.05, 0.1) is 6.54 Å². The molecule has 1 saturated heterocycles. The van der Waals surface area contributed by atoms with Gasteiger partial charge in [0.15, 0.2) is 11.5 Å². The van der Waals surface area contributed by atoms with Gasteiger partial charge in [-0.1, -0.05) is 12.1 Å². The fraction of sp³-hybridized carbons (Fsp3) is 0.350. The Morgan fingerprint density at radius 2 is 2.04 bits per heavy atom. The Bertz CT molecular complexity index is 830. The fourth-order valence-corrected chi connectivity index (χ4v) is 3.48. The molecule has 6 nitrogen and oxygen atoms in total. The molecule has 142 valence electrons. The van der Waals surface area contributed by atoms with Crippen LogP contribution in [0.3, 0.4) is 0 Å². The van der Waals surface area contributed by atoms with Crippen molar-refractivity contribution < 1.29 is 18.7 Å². The maximum atomic E-state index is 13.6. The van der Waals surface area contributed by atoms with E-state index in [1.165, 1.54) is 12.1 Å². The molecule has 2 heterocycles. The van der Waals surface area contributed by atoms with Crippen molar-refractivity contribution in [2.24, 2.45) is 0 Å². The largest absolute Gasteiger partial charge is 0.486 e. The summed E-state index contributed by atoms with van der Waals surface area (Å²) >= 11 is 0. The summed E-state index contributed by atoms with van der Waals surface area (Å²) in [5.74, 6) is 0.945. The molecule has 1 atom stereocenters. The third-order valence-electron chi connectivity index (χ3n) is 4.76. The summed E-state index contributed by atoms with van der Waals surface area (Å²) in [4.78, 5) is 14.6. The lowest BCUT2D eigenvalue weighted by Crippen LogP contribution is -2.48. The molecule has 2 aliphatic rings. The SMILES string of the molecule is O=C(CN1CCNCC1c1cccc(F)c1)Nc1ccc2c(c1)OCCO2. The molecule has 0 saturated carbocycles. The van der Waals surface area contributed by atoms with Crippen LogP contribution in [0.2, 0.25) is 0 Å². The minimum Gasteiger partial charge on any atom is -0.486 e. The van der Waals surface area contributed by atoms with Gasteiger partial charge in [-0.15, -0.1) is 0 Å². The molecular formula is C20H22FN3O3. The van der Waals surface area contributed by atoms with Crippen molar-refractivity contribution in [3.05, 3.63) is 53.8 Å². The van der Waals surface area contributed by atoms with Crippen molar-refractivity contribution in [2.45, 2.75) is 6.04 Å². The minimum absolute atomic E-state index is 0.0412. The molecule has 2 aromatic carbocycles. The molecule has 0 bridgehead atoms. The molecular weight excluding hydrogens is 349 g/mol. The summed E-state index contributed by atoms with van der Waals surface area (Å²) in [5.41, 5.74) is 1.54.